The topological polar surface area (TPSA) is 77.0 Å². The van der Waals surface area contributed by atoms with Gasteiger partial charge in [0, 0.05) is 19.4 Å². The lowest BCUT2D eigenvalue weighted by Crippen LogP contribution is -2.10. The highest BCUT2D eigenvalue weighted by molar-refractivity contribution is 4.87. The number of hydrogen-bond donors (Lipinski definition) is 2. The normalized spacial score (nSPS) is 10.5. The van der Waals surface area contributed by atoms with Gasteiger partial charge in [0.15, 0.2) is 5.82 Å². The Morgan fingerprint density at radius 3 is 3.00 bits per heavy atom. The van der Waals surface area contributed by atoms with Crippen molar-refractivity contribution < 1.29 is 4.52 Å². The van der Waals surface area contributed by atoms with Crippen LogP contribution in [0, 0.1) is 0 Å². The van der Waals surface area contributed by atoms with E-state index in [2.05, 4.69) is 15.5 Å². The van der Waals surface area contributed by atoms with Gasteiger partial charge in [0.25, 0.3) is 0 Å². The van der Waals surface area contributed by atoms with Crippen molar-refractivity contribution in [3.63, 3.8) is 0 Å². The van der Waals surface area contributed by atoms with E-state index in [1.54, 1.807) is 0 Å². The second-order valence-corrected chi connectivity index (χ2v) is 2.50. The highest BCUT2D eigenvalue weighted by Gasteiger charge is 2.03. The van der Waals surface area contributed by atoms with Crippen LogP contribution in [0.1, 0.15) is 11.7 Å². The molecule has 1 rings (SSSR count). The highest BCUT2D eigenvalue weighted by atomic mass is 16.5. The first-order chi connectivity index (χ1) is 5.86. The first-order valence-electron chi connectivity index (χ1n) is 4.03. The molecule has 0 spiro atoms. The molecular weight excluding hydrogens is 156 g/mol. The van der Waals surface area contributed by atoms with Crippen LogP contribution in [0.5, 0.6) is 0 Å². The minimum atomic E-state index is 0.561. The van der Waals surface area contributed by atoms with Crippen LogP contribution in [-0.2, 0) is 12.8 Å². The SMILES string of the molecule is CNCCc1nc(CCN)no1. The molecule has 0 radical (unpaired) electrons. The van der Waals surface area contributed by atoms with Crippen molar-refractivity contribution >= 4 is 0 Å². The predicted molar refractivity (Wildman–Crippen MR) is 44.7 cm³/mol. The van der Waals surface area contributed by atoms with Gasteiger partial charge >= 0.3 is 0 Å². The molecule has 5 heteroatoms. The van der Waals surface area contributed by atoms with Crippen LogP contribution in [0.15, 0.2) is 4.52 Å². The van der Waals surface area contributed by atoms with Gasteiger partial charge in [0.2, 0.25) is 5.89 Å². The number of hydrogen-bond acceptors (Lipinski definition) is 5. The first-order valence-corrected chi connectivity index (χ1v) is 4.03. The van der Waals surface area contributed by atoms with Gasteiger partial charge in [-0.1, -0.05) is 5.16 Å². The lowest BCUT2D eigenvalue weighted by atomic mass is 10.4. The summed E-state index contributed by atoms with van der Waals surface area (Å²) >= 11 is 0. The molecule has 1 aromatic rings. The van der Waals surface area contributed by atoms with Crippen molar-refractivity contribution in [1.29, 1.82) is 0 Å². The van der Waals surface area contributed by atoms with Gasteiger partial charge in [-0.15, -0.1) is 0 Å². The molecule has 0 aliphatic heterocycles. The van der Waals surface area contributed by atoms with Gasteiger partial charge in [-0.2, -0.15) is 4.98 Å². The lowest BCUT2D eigenvalue weighted by molar-refractivity contribution is 0.372. The summed E-state index contributed by atoms with van der Waals surface area (Å²) < 4.78 is 4.96. The number of likely N-dealkylation sites (N-methyl/N-ethyl adjacent to an activating group) is 1. The van der Waals surface area contributed by atoms with Gasteiger partial charge in [0.1, 0.15) is 0 Å². The molecule has 0 aliphatic rings. The fourth-order valence-electron chi connectivity index (χ4n) is 0.854. The van der Waals surface area contributed by atoms with Crippen LogP contribution < -0.4 is 11.1 Å². The van der Waals surface area contributed by atoms with Gasteiger partial charge in [0.05, 0.1) is 0 Å². The van der Waals surface area contributed by atoms with Crippen LogP contribution in [0.3, 0.4) is 0 Å². The quantitative estimate of drug-likeness (QED) is 0.613. The predicted octanol–water partition coefficient (Wildman–Crippen LogP) is -0.667. The monoisotopic (exact) mass is 170 g/mol. The van der Waals surface area contributed by atoms with Crippen LogP contribution in [0.25, 0.3) is 0 Å². The summed E-state index contributed by atoms with van der Waals surface area (Å²) in [7, 11) is 1.89. The van der Waals surface area contributed by atoms with Crippen molar-refractivity contribution in [1.82, 2.24) is 15.5 Å². The van der Waals surface area contributed by atoms with Crippen molar-refractivity contribution in [2.24, 2.45) is 5.73 Å². The second kappa shape index (κ2) is 4.84. The van der Waals surface area contributed by atoms with E-state index in [4.69, 9.17) is 10.3 Å². The first kappa shape index (κ1) is 9.15. The lowest BCUT2D eigenvalue weighted by Gasteiger charge is -1.90. The third-order valence-electron chi connectivity index (χ3n) is 1.47. The van der Waals surface area contributed by atoms with Crippen molar-refractivity contribution in [2.45, 2.75) is 12.8 Å². The largest absolute Gasteiger partial charge is 0.339 e. The summed E-state index contributed by atoms with van der Waals surface area (Å²) in [6.45, 7) is 1.41. The molecule has 0 saturated carbocycles. The Kier molecular flexibility index (Phi) is 3.69. The van der Waals surface area contributed by atoms with E-state index in [-0.39, 0.29) is 0 Å². The van der Waals surface area contributed by atoms with E-state index in [1.165, 1.54) is 0 Å². The fraction of sp³-hybridized carbons (Fsp3) is 0.714. The fourth-order valence-corrected chi connectivity index (χ4v) is 0.854. The summed E-state index contributed by atoms with van der Waals surface area (Å²) in [6, 6.07) is 0. The molecule has 68 valence electrons. The zero-order valence-electron chi connectivity index (χ0n) is 7.21. The van der Waals surface area contributed by atoms with E-state index in [0.29, 0.717) is 24.7 Å². The third-order valence-corrected chi connectivity index (χ3v) is 1.47. The number of nitrogens with zero attached hydrogens (tertiary/aromatic N) is 2. The molecule has 0 bridgehead atoms. The van der Waals surface area contributed by atoms with E-state index in [1.807, 2.05) is 7.05 Å². The van der Waals surface area contributed by atoms with E-state index in [9.17, 15) is 0 Å². The molecule has 1 heterocycles. The summed E-state index contributed by atoms with van der Waals surface area (Å²) in [5, 5.41) is 6.77. The minimum absolute atomic E-state index is 0.561. The molecule has 0 saturated heterocycles. The van der Waals surface area contributed by atoms with Crippen molar-refractivity contribution in [2.75, 3.05) is 20.1 Å². The number of nitrogens with one attached hydrogen (secondary N) is 1. The van der Waals surface area contributed by atoms with E-state index in [0.717, 1.165) is 13.0 Å². The summed E-state index contributed by atoms with van der Waals surface area (Å²) in [6.07, 6.45) is 1.46. The number of nitrogens with two attached hydrogens (primary N) is 1. The maximum atomic E-state index is 5.34. The molecule has 5 nitrogen and oxygen atoms in total. The van der Waals surface area contributed by atoms with Gasteiger partial charge in [-0.3, -0.25) is 0 Å². The molecule has 0 atom stereocenters. The molecule has 0 unspecified atom stereocenters. The highest BCUT2D eigenvalue weighted by Crippen LogP contribution is 1.97. The van der Waals surface area contributed by atoms with Crippen LogP contribution >= 0.6 is 0 Å². The average Bonchev–Trinajstić information content (AvgIpc) is 2.50. The standard InChI is InChI=1S/C7H14N4O/c1-9-5-3-7-10-6(2-4-8)11-12-7/h9H,2-5,8H2,1H3. The van der Waals surface area contributed by atoms with E-state index >= 15 is 0 Å². The second-order valence-electron chi connectivity index (χ2n) is 2.50. The number of aromatic nitrogens is 2. The Morgan fingerprint density at radius 2 is 2.33 bits per heavy atom. The van der Waals surface area contributed by atoms with Gasteiger partial charge in [-0.05, 0) is 13.6 Å². The maximum Gasteiger partial charge on any atom is 0.227 e. The molecule has 12 heavy (non-hydrogen) atoms. The van der Waals surface area contributed by atoms with Crippen LogP contribution in [-0.4, -0.2) is 30.3 Å². The van der Waals surface area contributed by atoms with E-state index < -0.39 is 0 Å². The summed E-state index contributed by atoms with van der Waals surface area (Å²) in [5.41, 5.74) is 5.34. The molecular formula is C7H14N4O. The zero-order chi connectivity index (χ0) is 8.81. The summed E-state index contributed by atoms with van der Waals surface area (Å²) in [5.74, 6) is 1.37. The Bertz CT molecular complexity index is 223. The van der Waals surface area contributed by atoms with Crippen LogP contribution in [0.4, 0.5) is 0 Å². The molecule has 0 fully saturated rings. The average molecular weight is 170 g/mol. The number of rotatable bonds is 5. The maximum absolute atomic E-state index is 5.34. The Hall–Kier alpha value is -0.940. The molecule has 3 N–H and O–H groups in total. The molecule has 1 aromatic heterocycles. The van der Waals surface area contributed by atoms with Gasteiger partial charge < -0.3 is 15.6 Å². The van der Waals surface area contributed by atoms with Crippen molar-refractivity contribution in [3.8, 4) is 0 Å². The van der Waals surface area contributed by atoms with Crippen LogP contribution in [0.2, 0.25) is 0 Å². The third kappa shape index (κ3) is 2.60. The molecule has 0 aromatic carbocycles. The van der Waals surface area contributed by atoms with Crippen molar-refractivity contribution in [3.05, 3.63) is 11.7 Å². The molecule has 0 amide bonds. The zero-order valence-corrected chi connectivity index (χ0v) is 7.21. The Morgan fingerprint density at radius 1 is 1.50 bits per heavy atom. The smallest absolute Gasteiger partial charge is 0.227 e. The minimum Gasteiger partial charge on any atom is -0.339 e. The molecule has 0 aliphatic carbocycles. The Labute approximate surface area is 71.3 Å². The van der Waals surface area contributed by atoms with Gasteiger partial charge in [-0.25, -0.2) is 0 Å². The Balaban J connectivity index is 2.41. The summed E-state index contributed by atoms with van der Waals surface area (Å²) in [4.78, 5) is 4.14.